The van der Waals surface area contributed by atoms with Crippen molar-refractivity contribution in [3.63, 3.8) is 0 Å². The van der Waals surface area contributed by atoms with Crippen LogP contribution in [0, 0.1) is 0 Å². The lowest BCUT2D eigenvalue weighted by atomic mass is 10.00. The number of pyridine rings is 1. The highest BCUT2D eigenvalue weighted by Gasteiger charge is 2.47. The minimum atomic E-state index is -3.49. The number of nitrogens with one attached hydrogen (secondary N) is 1. The molecule has 1 aliphatic heterocycles. The topological polar surface area (TPSA) is 96.0 Å². The van der Waals surface area contributed by atoms with Crippen molar-refractivity contribution < 1.29 is 27.2 Å². The minimum Gasteiger partial charge on any atom is -0.369 e. The van der Waals surface area contributed by atoms with Crippen molar-refractivity contribution in [2.45, 2.75) is 17.9 Å². The second-order valence-corrected chi connectivity index (χ2v) is 10.7. The Morgan fingerprint density at radius 1 is 1.00 bits per heavy atom. The van der Waals surface area contributed by atoms with Gasteiger partial charge in [-0.25, -0.2) is 0 Å². The summed E-state index contributed by atoms with van der Waals surface area (Å²) in [6.45, 7) is 0. The Labute approximate surface area is 152 Å². The zero-order chi connectivity index (χ0) is 18.9. The van der Waals surface area contributed by atoms with E-state index in [1.807, 2.05) is 24.3 Å². The molecular weight excluding hydrogens is 378 g/mol. The normalized spacial score (nSPS) is 20.6. The van der Waals surface area contributed by atoms with Crippen LogP contribution >= 0.6 is 15.2 Å². The van der Waals surface area contributed by atoms with Crippen molar-refractivity contribution in [2.75, 3.05) is 33.8 Å². The van der Waals surface area contributed by atoms with Gasteiger partial charge >= 0.3 is 15.2 Å². The number of benzene rings is 1. The van der Waals surface area contributed by atoms with Gasteiger partial charge in [-0.1, -0.05) is 18.2 Å². The molecule has 1 aliphatic rings. The summed E-state index contributed by atoms with van der Waals surface area (Å²) in [7, 11) is -1.66. The van der Waals surface area contributed by atoms with Crippen LogP contribution in [0.4, 0.5) is 5.69 Å². The number of nitrogens with zero attached hydrogens (tertiary/aromatic N) is 1. The summed E-state index contributed by atoms with van der Waals surface area (Å²) in [5.74, 6) is -0.721. The lowest BCUT2D eigenvalue weighted by Crippen LogP contribution is -2.30. The van der Waals surface area contributed by atoms with Crippen LogP contribution in [0.2, 0.25) is 0 Å². The maximum atomic E-state index is 13.2. The molecule has 1 N–H and O–H groups in total. The van der Waals surface area contributed by atoms with Crippen molar-refractivity contribution in [1.29, 1.82) is 0 Å². The third-order valence-electron chi connectivity index (χ3n) is 4.70. The van der Waals surface area contributed by atoms with Gasteiger partial charge in [-0.3, -0.25) is 14.1 Å². The van der Waals surface area contributed by atoms with Crippen LogP contribution in [0.3, 0.4) is 0 Å². The van der Waals surface area contributed by atoms with Gasteiger partial charge in [-0.15, -0.1) is 0 Å². The van der Waals surface area contributed by atoms with Gasteiger partial charge in [0.2, 0.25) is 0 Å². The molecule has 0 fully saturated rings. The van der Waals surface area contributed by atoms with Gasteiger partial charge in [0.05, 0.1) is 16.9 Å². The zero-order valence-electron chi connectivity index (χ0n) is 15.0. The third kappa shape index (κ3) is 3.11. The van der Waals surface area contributed by atoms with Gasteiger partial charge in [-0.05, 0) is 18.1 Å². The van der Waals surface area contributed by atoms with Crippen molar-refractivity contribution in [3.05, 3.63) is 36.0 Å². The largest absolute Gasteiger partial charge is 0.369 e. The summed E-state index contributed by atoms with van der Waals surface area (Å²) in [5.41, 5.74) is 1.41. The highest BCUT2D eigenvalue weighted by atomic mass is 31.2. The molecule has 0 saturated carbocycles. The monoisotopic (exact) mass is 400 g/mol. The van der Waals surface area contributed by atoms with Crippen LogP contribution in [0.5, 0.6) is 0 Å². The number of aromatic nitrogens is 1. The molecule has 3 rings (SSSR count). The Bertz CT molecular complexity index is 889. The molecule has 1 aromatic heterocycles. The molecule has 1 aromatic carbocycles. The molecule has 2 atom stereocenters. The van der Waals surface area contributed by atoms with Crippen LogP contribution in [-0.4, -0.2) is 39.2 Å². The van der Waals surface area contributed by atoms with Crippen molar-refractivity contribution in [2.24, 2.45) is 0 Å². The van der Waals surface area contributed by atoms with Crippen LogP contribution in [0.25, 0.3) is 10.9 Å². The third-order valence-corrected chi connectivity index (χ3v) is 9.10. The molecule has 0 aliphatic carbocycles. The van der Waals surface area contributed by atoms with Gasteiger partial charge in [-0.2, -0.15) is 0 Å². The van der Waals surface area contributed by atoms with E-state index in [0.717, 1.165) is 10.9 Å². The summed E-state index contributed by atoms with van der Waals surface area (Å²) in [6, 6.07) is 7.51. The molecule has 10 heteroatoms. The number of hydrogen-bond donors (Lipinski definition) is 1. The highest BCUT2D eigenvalue weighted by Crippen LogP contribution is 2.68. The summed E-state index contributed by atoms with van der Waals surface area (Å²) in [5, 5.41) is 4.12. The summed E-state index contributed by atoms with van der Waals surface area (Å²) < 4.78 is 47.0. The molecule has 8 nitrogen and oxygen atoms in total. The molecule has 0 saturated heterocycles. The summed E-state index contributed by atoms with van der Waals surface area (Å²) in [6.07, 6.45) is 1.87. The van der Waals surface area contributed by atoms with E-state index in [4.69, 9.17) is 18.1 Å². The number of hydrogen-bond acceptors (Lipinski definition) is 8. The zero-order valence-corrected chi connectivity index (χ0v) is 16.8. The molecule has 2 heterocycles. The second-order valence-electron chi connectivity index (χ2n) is 5.83. The molecule has 0 radical (unpaired) electrons. The highest BCUT2D eigenvalue weighted by molar-refractivity contribution is 7.55. The van der Waals surface area contributed by atoms with E-state index in [0.29, 0.717) is 11.2 Å². The van der Waals surface area contributed by atoms with Crippen LogP contribution < -0.4 is 5.32 Å². The maximum absolute atomic E-state index is 13.2. The number of anilines is 1. The fourth-order valence-electron chi connectivity index (χ4n) is 3.32. The van der Waals surface area contributed by atoms with E-state index < -0.39 is 26.6 Å². The summed E-state index contributed by atoms with van der Waals surface area (Å²) in [4.78, 5) is 4.43. The Morgan fingerprint density at radius 2 is 1.65 bits per heavy atom. The minimum absolute atomic E-state index is 0.198. The van der Waals surface area contributed by atoms with Gasteiger partial charge in [0, 0.05) is 40.0 Å². The van der Waals surface area contributed by atoms with Crippen molar-refractivity contribution in [3.8, 4) is 0 Å². The van der Waals surface area contributed by atoms with Crippen molar-refractivity contribution in [1.82, 2.24) is 4.98 Å². The molecule has 142 valence electrons. The Balaban J connectivity index is 2.23. The van der Waals surface area contributed by atoms with E-state index >= 15 is 0 Å². The van der Waals surface area contributed by atoms with Crippen molar-refractivity contribution >= 4 is 31.8 Å². The van der Waals surface area contributed by atoms with E-state index in [9.17, 15) is 9.13 Å². The van der Waals surface area contributed by atoms with Gasteiger partial charge in [0.25, 0.3) is 0 Å². The van der Waals surface area contributed by atoms with Gasteiger partial charge < -0.3 is 23.4 Å². The van der Waals surface area contributed by atoms with Crippen LogP contribution in [0.15, 0.2) is 30.5 Å². The Morgan fingerprint density at radius 3 is 2.27 bits per heavy atom. The smallest absolute Gasteiger partial charge is 0.352 e. The Kier molecular flexibility index (Phi) is 5.54. The lowest BCUT2D eigenvalue weighted by Gasteiger charge is -2.37. The van der Waals surface area contributed by atoms with Gasteiger partial charge in [0.15, 0.2) is 0 Å². The molecular formula is C16H22N2O6P2. The van der Waals surface area contributed by atoms with E-state index in [1.54, 1.807) is 6.20 Å². The Hall–Kier alpha value is -1.27. The fourth-order valence-corrected chi connectivity index (χ4v) is 6.58. The molecule has 2 unspecified atom stereocenters. The molecule has 2 aromatic rings. The number of fused-ring (bicyclic) bond motifs is 3. The SMILES string of the molecule is COP(=O)(OC)C1CC(P(=O)(OC)OC)c2ccc3cccnc3c2N1. The van der Waals surface area contributed by atoms with E-state index in [1.165, 1.54) is 28.4 Å². The molecule has 26 heavy (non-hydrogen) atoms. The molecule has 0 bridgehead atoms. The van der Waals surface area contributed by atoms with E-state index in [-0.39, 0.29) is 6.42 Å². The predicted molar refractivity (Wildman–Crippen MR) is 99.8 cm³/mol. The van der Waals surface area contributed by atoms with Gasteiger partial charge in [0.1, 0.15) is 5.78 Å². The van der Waals surface area contributed by atoms with Crippen LogP contribution in [-0.2, 0) is 27.2 Å². The second kappa shape index (κ2) is 7.39. The first-order valence-corrected chi connectivity index (χ1v) is 11.2. The first-order valence-electron chi connectivity index (χ1n) is 7.99. The average molecular weight is 400 g/mol. The molecule has 0 spiro atoms. The number of rotatable bonds is 6. The molecule has 0 amide bonds. The fraction of sp³-hybridized carbons (Fsp3) is 0.438. The lowest BCUT2D eigenvalue weighted by molar-refractivity contribution is 0.253. The first-order chi connectivity index (χ1) is 12.4. The standard InChI is InChI=1S/C16H22N2O6P2/c1-21-25(19,22-2)13-10-14(26(20,23-3)24-4)18-16-12(13)8-7-11-6-5-9-17-15(11)16/h5-9,13-14,18H,10H2,1-4H3. The quantitative estimate of drug-likeness (QED) is 0.714. The van der Waals surface area contributed by atoms with E-state index in [2.05, 4.69) is 10.3 Å². The first kappa shape index (κ1) is 19.5. The maximum Gasteiger partial charge on any atom is 0.352 e. The summed E-state index contributed by atoms with van der Waals surface area (Å²) >= 11 is 0. The van der Waals surface area contributed by atoms with Crippen LogP contribution in [0.1, 0.15) is 17.6 Å². The average Bonchev–Trinajstić information content (AvgIpc) is 2.71. The predicted octanol–water partition coefficient (Wildman–Crippen LogP) is 4.39.